The van der Waals surface area contributed by atoms with Crippen LogP contribution >= 0.6 is 0 Å². The van der Waals surface area contributed by atoms with E-state index >= 15 is 0 Å². The number of morpholine rings is 1. The van der Waals surface area contributed by atoms with Gasteiger partial charge in [0.15, 0.2) is 11.9 Å². The van der Waals surface area contributed by atoms with Gasteiger partial charge in [0.05, 0.1) is 32.0 Å². The number of carbonyl (C=O) groups is 2. The van der Waals surface area contributed by atoms with E-state index in [2.05, 4.69) is 16.9 Å². The van der Waals surface area contributed by atoms with Crippen LogP contribution in [0.25, 0.3) is 10.9 Å². The minimum atomic E-state index is -0.756. The molecule has 2 heterocycles. The zero-order valence-electron chi connectivity index (χ0n) is 13.9. The molecule has 130 valence electrons. The van der Waals surface area contributed by atoms with Gasteiger partial charge in [-0.15, -0.1) is 0 Å². The quantitative estimate of drug-likeness (QED) is 0.854. The average molecular weight is 341 g/mol. The van der Waals surface area contributed by atoms with E-state index in [-0.39, 0.29) is 18.4 Å². The van der Waals surface area contributed by atoms with Crippen LogP contribution in [0.3, 0.4) is 0 Å². The third kappa shape index (κ3) is 3.46. The molecule has 1 aromatic carbocycles. The molecule has 1 fully saturated rings. The molecular weight excluding hydrogens is 322 g/mol. The number of benzene rings is 1. The number of pyridine rings is 1. The summed E-state index contributed by atoms with van der Waals surface area (Å²) in [6.45, 7) is 4.38. The number of nitrogens with one attached hydrogen (secondary N) is 1. The number of methoxy groups -OCH3 is 1. The van der Waals surface area contributed by atoms with Gasteiger partial charge >= 0.3 is 0 Å². The Hall–Kier alpha value is -2.93. The zero-order valence-corrected chi connectivity index (χ0v) is 13.9. The lowest BCUT2D eigenvalue weighted by Crippen LogP contribution is -2.49. The number of hydrogen-bond donors (Lipinski definition) is 1. The van der Waals surface area contributed by atoms with E-state index in [1.807, 2.05) is 24.3 Å². The molecule has 0 unspecified atom stereocenters. The van der Waals surface area contributed by atoms with Crippen molar-refractivity contribution in [1.82, 2.24) is 9.88 Å². The molecule has 2 aromatic rings. The van der Waals surface area contributed by atoms with E-state index < -0.39 is 6.10 Å². The van der Waals surface area contributed by atoms with Crippen molar-refractivity contribution >= 4 is 28.4 Å². The molecule has 0 radical (unpaired) electrons. The van der Waals surface area contributed by atoms with Gasteiger partial charge in [-0.1, -0.05) is 18.7 Å². The van der Waals surface area contributed by atoms with Crippen molar-refractivity contribution in [2.24, 2.45) is 0 Å². The SMILES string of the molecule is C=CC(=O)N1CCO[C@H](C(=O)Nc2cnc3ccccc3c2OC)C1. The van der Waals surface area contributed by atoms with Crippen LogP contribution < -0.4 is 10.1 Å². The minimum absolute atomic E-state index is 0.181. The van der Waals surface area contributed by atoms with Crippen LogP contribution in [0.15, 0.2) is 43.1 Å². The van der Waals surface area contributed by atoms with Crippen LogP contribution in [0.1, 0.15) is 0 Å². The Bertz CT molecular complexity index is 821. The summed E-state index contributed by atoms with van der Waals surface area (Å²) in [5.41, 5.74) is 1.23. The average Bonchev–Trinajstić information content (AvgIpc) is 2.67. The zero-order chi connectivity index (χ0) is 17.8. The maximum Gasteiger partial charge on any atom is 0.255 e. The fourth-order valence-electron chi connectivity index (χ4n) is 2.78. The van der Waals surface area contributed by atoms with Crippen molar-refractivity contribution in [3.8, 4) is 5.75 Å². The van der Waals surface area contributed by atoms with E-state index in [0.29, 0.717) is 24.6 Å². The molecule has 7 heteroatoms. The fourth-order valence-corrected chi connectivity index (χ4v) is 2.78. The number of ether oxygens (including phenoxy) is 2. The smallest absolute Gasteiger partial charge is 0.255 e. The topological polar surface area (TPSA) is 80.8 Å². The maximum atomic E-state index is 12.5. The highest BCUT2D eigenvalue weighted by Gasteiger charge is 2.29. The van der Waals surface area contributed by atoms with Gasteiger partial charge in [0.25, 0.3) is 5.91 Å². The van der Waals surface area contributed by atoms with Crippen molar-refractivity contribution in [2.45, 2.75) is 6.10 Å². The number of nitrogens with zero attached hydrogens (tertiary/aromatic N) is 2. The van der Waals surface area contributed by atoms with Crippen LogP contribution in [-0.4, -0.2) is 54.6 Å². The van der Waals surface area contributed by atoms with Crippen LogP contribution in [0.4, 0.5) is 5.69 Å². The number of para-hydroxylation sites is 1. The van der Waals surface area contributed by atoms with E-state index in [9.17, 15) is 9.59 Å². The highest BCUT2D eigenvalue weighted by molar-refractivity contribution is 6.00. The monoisotopic (exact) mass is 341 g/mol. The number of aromatic nitrogens is 1. The number of hydrogen-bond acceptors (Lipinski definition) is 5. The molecule has 2 amide bonds. The normalized spacial score (nSPS) is 17.2. The Morgan fingerprint density at radius 1 is 1.44 bits per heavy atom. The highest BCUT2D eigenvalue weighted by Crippen LogP contribution is 2.32. The molecule has 25 heavy (non-hydrogen) atoms. The second kappa shape index (κ2) is 7.31. The Morgan fingerprint density at radius 2 is 2.24 bits per heavy atom. The first kappa shape index (κ1) is 16.9. The highest BCUT2D eigenvalue weighted by atomic mass is 16.5. The molecular formula is C18H19N3O4. The molecule has 1 saturated heterocycles. The molecule has 7 nitrogen and oxygen atoms in total. The van der Waals surface area contributed by atoms with E-state index in [0.717, 1.165) is 10.9 Å². The lowest BCUT2D eigenvalue weighted by atomic mass is 10.2. The van der Waals surface area contributed by atoms with E-state index in [4.69, 9.17) is 9.47 Å². The molecule has 1 atom stereocenters. The maximum absolute atomic E-state index is 12.5. The predicted molar refractivity (Wildman–Crippen MR) is 93.4 cm³/mol. The number of amides is 2. The summed E-state index contributed by atoms with van der Waals surface area (Å²) < 4.78 is 10.9. The van der Waals surface area contributed by atoms with Crippen molar-refractivity contribution in [3.63, 3.8) is 0 Å². The van der Waals surface area contributed by atoms with Crippen LogP contribution in [0.5, 0.6) is 5.75 Å². The summed E-state index contributed by atoms with van der Waals surface area (Å²) in [6, 6.07) is 7.50. The Balaban J connectivity index is 1.80. The van der Waals surface area contributed by atoms with Crippen LogP contribution in [-0.2, 0) is 14.3 Å². The first-order valence-electron chi connectivity index (χ1n) is 7.89. The van der Waals surface area contributed by atoms with Crippen molar-refractivity contribution < 1.29 is 19.1 Å². The minimum Gasteiger partial charge on any atom is -0.494 e. The molecule has 1 aromatic heterocycles. The standard InChI is InChI=1S/C18H19N3O4/c1-3-16(22)21-8-9-25-15(11-21)18(23)20-14-10-19-13-7-5-4-6-12(13)17(14)24-2/h3-7,10,15H,1,8-9,11H2,2H3,(H,20,23)/t15-/m0/s1. The second-order valence-electron chi connectivity index (χ2n) is 5.56. The Morgan fingerprint density at radius 3 is 3.00 bits per heavy atom. The number of rotatable bonds is 4. The number of anilines is 1. The van der Waals surface area contributed by atoms with E-state index in [1.165, 1.54) is 11.0 Å². The summed E-state index contributed by atoms with van der Waals surface area (Å²) in [7, 11) is 1.54. The van der Waals surface area contributed by atoms with Gasteiger partial charge in [0, 0.05) is 11.9 Å². The second-order valence-corrected chi connectivity index (χ2v) is 5.56. The molecule has 0 bridgehead atoms. The van der Waals surface area contributed by atoms with Gasteiger partial charge < -0.3 is 19.7 Å². The molecule has 0 saturated carbocycles. The lowest BCUT2D eigenvalue weighted by Gasteiger charge is -2.31. The van der Waals surface area contributed by atoms with Gasteiger partial charge in [0.1, 0.15) is 5.69 Å². The van der Waals surface area contributed by atoms with Gasteiger partial charge in [-0.25, -0.2) is 0 Å². The molecule has 3 rings (SSSR count). The van der Waals surface area contributed by atoms with Crippen molar-refractivity contribution in [3.05, 3.63) is 43.1 Å². The van der Waals surface area contributed by atoms with Gasteiger partial charge in [-0.3, -0.25) is 14.6 Å². The Labute approximate surface area is 145 Å². The van der Waals surface area contributed by atoms with Gasteiger partial charge in [0.2, 0.25) is 5.91 Å². The molecule has 1 aliphatic rings. The molecule has 0 aliphatic carbocycles. The number of fused-ring (bicyclic) bond motifs is 1. The van der Waals surface area contributed by atoms with Gasteiger partial charge in [-0.2, -0.15) is 0 Å². The number of carbonyl (C=O) groups excluding carboxylic acids is 2. The molecule has 1 N–H and O–H groups in total. The van der Waals surface area contributed by atoms with Crippen molar-refractivity contribution in [1.29, 1.82) is 0 Å². The van der Waals surface area contributed by atoms with Crippen LogP contribution in [0.2, 0.25) is 0 Å². The van der Waals surface area contributed by atoms with E-state index in [1.54, 1.807) is 13.3 Å². The summed E-state index contributed by atoms with van der Waals surface area (Å²) in [4.78, 5) is 30.1. The summed E-state index contributed by atoms with van der Waals surface area (Å²) >= 11 is 0. The van der Waals surface area contributed by atoms with Crippen molar-refractivity contribution in [2.75, 3.05) is 32.1 Å². The summed E-state index contributed by atoms with van der Waals surface area (Å²) in [5, 5.41) is 3.59. The first-order valence-corrected chi connectivity index (χ1v) is 7.89. The Kier molecular flexibility index (Phi) is 4.95. The third-order valence-corrected chi connectivity index (χ3v) is 4.03. The van der Waals surface area contributed by atoms with Gasteiger partial charge in [-0.05, 0) is 18.2 Å². The van der Waals surface area contributed by atoms with Crippen LogP contribution in [0, 0.1) is 0 Å². The predicted octanol–water partition coefficient (Wildman–Crippen LogP) is 1.60. The summed E-state index contributed by atoms with van der Waals surface area (Å²) in [5.74, 6) is -0.0308. The fraction of sp³-hybridized carbons (Fsp3) is 0.278. The lowest BCUT2D eigenvalue weighted by molar-refractivity contribution is -0.141. The summed E-state index contributed by atoms with van der Waals surface area (Å²) in [6.07, 6.45) is 2.03. The first-order chi connectivity index (χ1) is 12.1. The third-order valence-electron chi connectivity index (χ3n) is 4.03. The largest absolute Gasteiger partial charge is 0.494 e. The molecule has 0 spiro atoms. The molecule has 1 aliphatic heterocycles.